The number of pyridine rings is 1. The van der Waals surface area contributed by atoms with Gasteiger partial charge in [-0.25, -0.2) is 12.7 Å². The normalized spacial score (nSPS) is 23.0. The van der Waals surface area contributed by atoms with Gasteiger partial charge < -0.3 is 9.64 Å². The first-order valence-electron chi connectivity index (χ1n) is 8.28. The predicted molar refractivity (Wildman–Crippen MR) is 88.9 cm³/mol. The second-order valence-electron chi connectivity index (χ2n) is 6.43. The van der Waals surface area contributed by atoms with Crippen LogP contribution in [0.5, 0.6) is 5.75 Å². The fourth-order valence-corrected chi connectivity index (χ4v) is 4.38. The van der Waals surface area contributed by atoms with Gasteiger partial charge in [0, 0.05) is 44.6 Å². The van der Waals surface area contributed by atoms with E-state index in [1.54, 1.807) is 16.7 Å². The number of hydrogen-bond donors (Lipinski definition) is 0. The lowest BCUT2D eigenvalue weighted by Gasteiger charge is -2.41. The molecule has 0 aliphatic carbocycles. The minimum Gasteiger partial charge on any atom is -0.490 e. The van der Waals surface area contributed by atoms with Crippen LogP contribution in [0.2, 0.25) is 0 Å². The van der Waals surface area contributed by atoms with E-state index in [1.165, 1.54) is 6.26 Å². The lowest BCUT2D eigenvalue weighted by molar-refractivity contribution is 0.0586. The van der Waals surface area contributed by atoms with Crippen molar-refractivity contribution >= 4 is 10.0 Å². The minimum absolute atomic E-state index is 0.268. The van der Waals surface area contributed by atoms with Gasteiger partial charge in [0.05, 0.1) is 6.26 Å². The Labute approximate surface area is 138 Å². The quantitative estimate of drug-likeness (QED) is 0.829. The van der Waals surface area contributed by atoms with Crippen molar-refractivity contribution in [3.8, 4) is 5.75 Å². The zero-order valence-electron chi connectivity index (χ0n) is 13.6. The summed E-state index contributed by atoms with van der Waals surface area (Å²) in [6.07, 6.45) is 8.98. The molecule has 0 radical (unpaired) electrons. The van der Waals surface area contributed by atoms with E-state index < -0.39 is 10.0 Å². The number of hydrogen-bond acceptors (Lipinski definition) is 5. The van der Waals surface area contributed by atoms with Gasteiger partial charge in [-0.2, -0.15) is 0 Å². The molecule has 128 valence electrons. The van der Waals surface area contributed by atoms with Crippen molar-refractivity contribution in [3.05, 3.63) is 24.5 Å². The first-order chi connectivity index (χ1) is 11.0. The van der Waals surface area contributed by atoms with Gasteiger partial charge in [-0.3, -0.25) is 4.98 Å². The van der Waals surface area contributed by atoms with Gasteiger partial charge in [-0.15, -0.1) is 0 Å². The van der Waals surface area contributed by atoms with Crippen LogP contribution in [0.3, 0.4) is 0 Å². The molecule has 6 nitrogen and oxygen atoms in total. The third-order valence-corrected chi connectivity index (χ3v) is 6.14. The molecule has 0 bridgehead atoms. The Balaban J connectivity index is 1.45. The first kappa shape index (κ1) is 16.7. The summed E-state index contributed by atoms with van der Waals surface area (Å²) in [6, 6.07) is 4.30. The van der Waals surface area contributed by atoms with Crippen molar-refractivity contribution in [3.63, 3.8) is 0 Å². The summed E-state index contributed by atoms with van der Waals surface area (Å²) in [6.45, 7) is 3.35. The minimum atomic E-state index is -3.03. The number of aromatic nitrogens is 1. The van der Waals surface area contributed by atoms with E-state index in [1.807, 2.05) is 12.1 Å². The monoisotopic (exact) mass is 339 g/mol. The maximum absolute atomic E-state index is 11.6. The topological polar surface area (TPSA) is 62.7 Å². The van der Waals surface area contributed by atoms with Crippen LogP contribution in [0.15, 0.2) is 24.5 Å². The maximum Gasteiger partial charge on any atom is 0.211 e. The molecule has 0 unspecified atom stereocenters. The Morgan fingerprint density at radius 3 is 2.22 bits per heavy atom. The molecular weight excluding hydrogens is 314 g/mol. The molecule has 0 atom stereocenters. The molecule has 1 aromatic rings. The van der Waals surface area contributed by atoms with E-state index in [9.17, 15) is 8.42 Å². The summed E-state index contributed by atoms with van der Waals surface area (Å²) in [7, 11) is -3.03. The van der Waals surface area contributed by atoms with Crippen LogP contribution < -0.4 is 4.74 Å². The van der Waals surface area contributed by atoms with Crippen LogP contribution in [0.4, 0.5) is 0 Å². The van der Waals surface area contributed by atoms with Gasteiger partial charge in [-0.1, -0.05) is 0 Å². The number of sulfonamides is 1. The van der Waals surface area contributed by atoms with Crippen molar-refractivity contribution < 1.29 is 13.2 Å². The summed E-state index contributed by atoms with van der Waals surface area (Å²) in [4.78, 5) is 6.51. The average molecular weight is 339 g/mol. The molecule has 23 heavy (non-hydrogen) atoms. The Kier molecular flexibility index (Phi) is 5.18. The molecule has 2 aliphatic heterocycles. The molecule has 2 fully saturated rings. The molecule has 3 rings (SSSR count). The number of piperidine rings is 2. The van der Waals surface area contributed by atoms with Gasteiger partial charge in [0.2, 0.25) is 10.0 Å². The van der Waals surface area contributed by atoms with E-state index in [0.717, 1.165) is 44.5 Å². The van der Waals surface area contributed by atoms with E-state index >= 15 is 0 Å². The maximum atomic E-state index is 11.6. The molecule has 0 N–H and O–H groups in total. The zero-order valence-corrected chi connectivity index (χ0v) is 14.4. The number of ether oxygens (including phenoxy) is 1. The average Bonchev–Trinajstić information content (AvgIpc) is 2.56. The van der Waals surface area contributed by atoms with Crippen molar-refractivity contribution in [2.45, 2.75) is 37.8 Å². The highest BCUT2D eigenvalue weighted by molar-refractivity contribution is 7.88. The third-order valence-electron chi connectivity index (χ3n) is 4.84. The smallest absolute Gasteiger partial charge is 0.211 e. The van der Waals surface area contributed by atoms with Crippen LogP contribution >= 0.6 is 0 Å². The summed E-state index contributed by atoms with van der Waals surface area (Å²) in [5.41, 5.74) is 0. The molecule has 0 amide bonds. The van der Waals surface area contributed by atoms with Crippen LogP contribution in [-0.2, 0) is 10.0 Å². The van der Waals surface area contributed by atoms with Crippen LogP contribution in [0, 0.1) is 0 Å². The van der Waals surface area contributed by atoms with Gasteiger partial charge in [0.25, 0.3) is 0 Å². The first-order valence-corrected chi connectivity index (χ1v) is 10.1. The summed E-state index contributed by atoms with van der Waals surface area (Å²) < 4.78 is 30.8. The highest BCUT2D eigenvalue weighted by Gasteiger charge is 2.31. The molecular formula is C16H25N3O3S. The molecule has 2 aliphatic rings. The van der Waals surface area contributed by atoms with Crippen molar-refractivity contribution in [2.24, 2.45) is 0 Å². The molecule has 0 aromatic carbocycles. The van der Waals surface area contributed by atoms with E-state index in [0.29, 0.717) is 19.1 Å². The Morgan fingerprint density at radius 2 is 1.65 bits per heavy atom. The Bertz CT molecular complexity index is 592. The predicted octanol–water partition coefficient (Wildman–Crippen LogP) is 1.35. The fraction of sp³-hybridized carbons (Fsp3) is 0.688. The lowest BCUT2D eigenvalue weighted by atomic mass is 10.00. The van der Waals surface area contributed by atoms with Gasteiger partial charge in [-0.05, 0) is 37.8 Å². The van der Waals surface area contributed by atoms with Gasteiger partial charge >= 0.3 is 0 Å². The number of nitrogens with zero attached hydrogens (tertiary/aromatic N) is 3. The highest BCUT2D eigenvalue weighted by atomic mass is 32.2. The van der Waals surface area contributed by atoms with Crippen LogP contribution in [-0.4, -0.2) is 67.2 Å². The Morgan fingerprint density at radius 1 is 1.04 bits per heavy atom. The summed E-state index contributed by atoms with van der Waals surface area (Å²) in [5, 5.41) is 0. The molecule has 0 saturated carbocycles. The van der Waals surface area contributed by atoms with E-state index in [2.05, 4.69) is 9.88 Å². The van der Waals surface area contributed by atoms with Crippen molar-refractivity contribution in [2.75, 3.05) is 32.4 Å². The Hall–Kier alpha value is -1.18. The zero-order chi connectivity index (χ0) is 16.3. The van der Waals surface area contributed by atoms with Crippen LogP contribution in [0.1, 0.15) is 25.7 Å². The fourth-order valence-electron chi connectivity index (χ4n) is 3.51. The number of likely N-dealkylation sites (tertiary alicyclic amines) is 1. The number of rotatable bonds is 4. The molecule has 7 heteroatoms. The van der Waals surface area contributed by atoms with Crippen molar-refractivity contribution in [1.29, 1.82) is 0 Å². The largest absolute Gasteiger partial charge is 0.490 e. The van der Waals surface area contributed by atoms with Crippen molar-refractivity contribution in [1.82, 2.24) is 14.2 Å². The second kappa shape index (κ2) is 7.15. The third kappa shape index (κ3) is 4.43. The standard InChI is InChI=1S/C16H25N3O3S/c1-23(20,21)19-12-4-14(5-13-19)18-10-6-16(7-11-18)22-15-2-8-17-9-3-15/h2-3,8-9,14,16H,4-7,10-13H2,1H3. The van der Waals surface area contributed by atoms with Gasteiger partial charge in [0.15, 0.2) is 0 Å². The SMILES string of the molecule is CS(=O)(=O)N1CCC(N2CCC(Oc3ccncc3)CC2)CC1. The molecule has 2 saturated heterocycles. The van der Waals surface area contributed by atoms with E-state index in [-0.39, 0.29) is 6.10 Å². The second-order valence-corrected chi connectivity index (χ2v) is 8.41. The molecule has 1 aromatic heterocycles. The summed E-state index contributed by atoms with van der Waals surface area (Å²) in [5.74, 6) is 0.889. The van der Waals surface area contributed by atoms with E-state index in [4.69, 9.17) is 4.74 Å². The lowest BCUT2D eigenvalue weighted by Crippen LogP contribution is -2.49. The molecule has 3 heterocycles. The van der Waals surface area contributed by atoms with Crippen LogP contribution in [0.25, 0.3) is 0 Å². The summed E-state index contributed by atoms with van der Waals surface area (Å²) >= 11 is 0. The molecule has 0 spiro atoms. The van der Waals surface area contributed by atoms with Gasteiger partial charge in [0.1, 0.15) is 11.9 Å². The highest BCUT2D eigenvalue weighted by Crippen LogP contribution is 2.24.